The minimum Gasteiger partial charge on any atom is -0.293 e. The summed E-state index contributed by atoms with van der Waals surface area (Å²) in [7, 11) is 0. The maximum Gasteiger partial charge on any atom is 0.349 e. The lowest BCUT2D eigenvalue weighted by Crippen LogP contribution is -2.30. The SMILES string of the molecule is Cc1ccc(C(=O)CSc2nc(=O)n(Cc3cccs3)c3c2CCCC3)cc1. The van der Waals surface area contributed by atoms with Crippen LogP contribution in [0, 0.1) is 6.92 Å². The lowest BCUT2D eigenvalue weighted by Gasteiger charge is -2.22. The van der Waals surface area contributed by atoms with Crippen LogP contribution in [0.2, 0.25) is 0 Å². The van der Waals surface area contributed by atoms with Gasteiger partial charge in [0.2, 0.25) is 0 Å². The van der Waals surface area contributed by atoms with Crippen molar-refractivity contribution in [3.63, 3.8) is 0 Å². The number of thioether (sulfide) groups is 1. The van der Waals surface area contributed by atoms with Gasteiger partial charge in [-0.1, -0.05) is 47.7 Å². The number of carbonyl (C=O) groups is 1. The molecule has 0 bridgehead atoms. The molecule has 28 heavy (non-hydrogen) atoms. The van der Waals surface area contributed by atoms with E-state index >= 15 is 0 Å². The molecule has 1 aliphatic carbocycles. The molecule has 6 heteroatoms. The Morgan fingerprint density at radius 3 is 2.71 bits per heavy atom. The van der Waals surface area contributed by atoms with E-state index in [-0.39, 0.29) is 11.5 Å². The summed E-state index contributed by atoms with van der Waals surface area (Å²) in [6, 6.07) is 11.7. The number of benzene rings is 1. The van der Waals surface area contributed by atoms with Crippen molar-refractivity contribution < 1.29 is 4.79 Å². The maximum atomic E-state index is 12.7. The molecule has 0 atom stereocenters. The van der Waals surface area contributed by atoms with Crippen molar-refractivity contribution in [3.8, 4) is 0 Å². The van der Waals surface area contributed by atoms with Crippen LogP contribution in [0.1, 0.15) is 44.9 Å². The number of hydrogen-bond donors (Lipinski definition) is 0. The first kappa shape index (κ1) is 19.2. The second kappa shape index (κ2) is 8.45. The zero-order valence-electron chi connectivity index (χ0n) is 15.8. The van der Waals surface area contributed by atoms with Gasteiger partial charge in [-0.3, -0.25) is 9.36 Å². The molecule has 144 valence electrons. The number of ketones is 1. The third-order valence-corrected chi connectivity index (χ3v) is 6.94. The maximum absolute atomic E-state index is 12.7. The van der Waals surface area contributed by atoms with Crippen molar-refractivity contribution >= 4 is 28.9 Å². The molecule has 0 saturated carbocycles. The van der Waals surface area contributed by atoms with Crippen LogP contribution in [0.5, 0.6) is 0 Å². The Bertz CT molecular complexity index is 1040. The predicted molar refractivity (Wildman–Crippen MR) is 115 cm³/mol. The molecule has 0 aliphatic heterocycles. The van der Waals surface area contributed by atoms with Gasteiger partial charge in [-0.05, 0) is 44.1 Å². The summed E-state index contributed by atoms with van der Waals surface area (Å²) in [5, 5.41) is 2.77. The molecule has 0 spiro atoms. The van der Waals surface area contributed by atoms with E-state index in [0.717, 1.165) is 52.4 Å². The molecular weight excluding hydrogens is 388 g/mol. The molecule has 3 aromatic rings. The van der Waals surface area contributed by atoms with Crippen molar-refractivity contribution in [1.82, 2.24) is 9.55 Å². The fourth-order valence-corrected chi connectivity index (χ4v) is 5.21. The third kappa shape index (κ3) is 4.13. The molecule has 0 unspecified atom stereocenters. The Morgan fingerprint density at radius 1 is 1.18 bits per heavy atom. The molecule has 4 nitrogen and oxygen atoms in total. The summed E-state index contributed by atoms with van der Waals surface area (Å²) in [5.41, 5.74) is 3.89. The molecule has 0 radical (unpaired) electrons. The van der Waals surface area contributed by atoms with Crippen LogP contribution in [0.3, 0.4) is 0 Å². The minimum atomic E-state index is -0.209. The number of nitrogens with zero attached hydrogens (tertiary/aromatic N) is 2. The van der Waals surface area contributed by atoms with Crippen molar-refractivity contribution in [2.24, 2.45) is 0 Å². The van der Waals surface area contributed by atoms with Crippen LogP contribution in [0.4, 0.5) is 0 Å². The number of Topliss-reactive ketones (excluding diaryl/α,β-unsaturated/α-hetero) is 1. The van der Waals surface area contributed by atoms with Crippen LogP contribution in [0.15, 0.2) is 51.6 Å². The Morgan fingerprint density at radius 2 is 1.96 bits per heavy atom. The van der Waals surface area contributed by atoms with Gasteiger partial charge in [-0.2, -0.15) is 4.98 Å². The fourth-order valence-electron chi connectivity index (χ4n) is 3.55. The van der Waals surface area contributed by atoms with E-state index in [2.05, 4.69) is 11.1 Å². The van der Waals surface area contributed by atoms with Crippen molar-refractivity contribution in [3.05, 3.63) is 79.5 Å². The smallest absolute Gasteiger partial charge is 0.293 e. The largest absolute Gasteiger partial charge is 0.349 e. The number of aromatic nitrogens is 2. The van der Waals surface area contributed by atoms with E-state index in [9.17, 15) is 9.59 Å². The van der Waals surface area contributed by atoms with Gasteiger partial charge >= 0.3 is 5.69 Å². The Hall–Kier alpha value is -2.18. The highest BCUT2D eigenvalue weighted by atomic mass is 32.2. The van der Waals surface area contributed by atoms with Gasteiger partial charge in [-0.15, -0.1) is 11.3 Å². The summed E-state index contributed by atoms with van der Waals surface area (Å²) in [6.07, 6.45) is 4.02. The Kier molecular flexibility index (Phi) is 5.78. The molecule has 4 rings (SSSR count). The highest BCUT2D eigenvalue weighted by Gasteiger charge is 2.21. The van der Waals surface area contributed by atoms with Crippen LogP contribution in [-0.4, -0.2) is 21.1 Å². The molecule has 1 aromatic carbocycles. The molecule has 1 aliphatic rings. The first-order valence-electron chi connectivity index (χ1n) is 9.49. The number of fused-ring (bicyclic) bond motifs is 1. The molecule has 0 saturated heterocycles. The number of carbonyl (C=O) groups excluding carboxylic acids is 1. The van der Waals surface area contributed by atoms with Crippen molar-refractivity contribution in [2.75, 3.05) is 5.75 Å². The molecule has 2 aromatic heterocycles. The predicted octanol–water partition coefficient (Wildman–Crippen LogP) is 4.52. The Balaban J connectivity index is 1.59. The standard InChI is InChI=1S/C22H22N2O2S2/c1-15-8-10-16(11-9-15)20(25)14-28-21-18-6-2-3-7-19(18)24(22(26)23-21)13-17-5-4-12-27-17/h4-5,8-12H,2-3,6-7,13-14H2,1H3. The van der Waals surface area contributed by atoms with Gasteiger partial charge in [0.15, 0.2) is 5.78 Å². The quantitative estimate of drug-likeness (QED) is 0.341. The average Bonchev–Trinajstić information content (AvgIpc) is 3.22. The fraction of sp³-hybridized carbons (Fsp3) is 0.318. The summed E-state index contributed by atoms with van der Waals surface area (Å²) < 4.78 is 1.83. The highest BCUT2D eigenvalue weighted by Crippen LogP contribution is 2.29. The Labute approximate surface area is 172 Å². The third-order valence-electron chi connectivity index (χ3n) is 5.06. The molecular formula is C22H22N2O2S2. The summed E-state index contributed by atoms with van der Waals surface area (Å²) in [5.74, 6) is 0.371. The molecule has 0 N–H and O–H groups in total. The van der Waals surface area contributed by atoms with Crippen LogP contribution < -0.4 is 5.69 Å². The van der Waals surface area contributed by atoms with Crippen LogP contribution >= 0.6 is 23.1 Å². The van der Waals surface area contributed by atoms with Gasteiger partial charge in [0, 0.05) is 21.7 Å². The van der Waals surface area contributed by atoms with Gasteiger partial charge in [0.05, 0.1) is 12.3 Å². The van der Waals surface area contributed by atoms with Gasteiger partial charge in [0.25, 0.3) is 0 Å². The van der Waals surface area contributed by atoms with E-state index in [4.69, 9.17) is 0 Å². The van der Waals surface area contributed by atoms with Gasteiger partial charge in [-0.25, -0.2) is 4.79 Å². The van der Waals surface area contributed by atoms with E-state index in [1.165, 1.54) is 11.8 Å². The van der Waals surface area contributed by atoms with Crippen LogP contribution in [-0.2, 0) is 19.4 Å². The minimum absolute atomic E-state index is 0.0686. The van der Waals surface area contributed by atoms with E-state index in [0.29, 0.717) is 17.9 Å². The average molecular weight is 411 g/mol. The molecule has 0 amide bonds. The van der Waals surface area contributed by atoms with Gasteiger partial charge in [0.1, 0.15) is 5.03 Å². The lowest BCUT2D eigenvalue weighted by molar-refractivity contribution is 0.102. The summed E-state index contributed by atoms with van der Waals surface area (Å²) in [4.78, 5) is 30.8. The second-order valence-corrected chi connectivity index (χ2v) is 9.07. The zero-order valence-corrected chi connectivity index (χ0v) is 17.4. The monoisotopic (exact) mass is 410 g/mol. The lowest BCUT2D eigenvalue weighted by atomic mass is 9.97. The first-order valence-corrected chi connectivity index (χ1v) is 11.4. The van der Waals surface area contributed by atoms with Gasteiger partial charge < -0.3 is 0 Å². The number of hydrogen-bond acceptors (Lipinski definition) is 5. The molecule has 2 heterocycles. The topological polar surface area (TPSA) is 52.0 Å². The summed E-state index contributed by atoms with van der Waals surface area (Å²) in [6.45, 7) is 2.59. The highest BCUT2D eigenvalue weighted by molar-refractivity contribution is 8.00. The van der Waals surface area contributed by atoms with Crippen LogP contribution in [0.25, 0.3) is 0 Å². The van der Waals surface area contributed by atoms with E-state index in [1.807, 2.05) is 47.2 Å². The second-order valence-electron chi connectivity index (χ2n) is 7.08. The number of rotatable bonds is 6. The number of thiophene rings is 1. The number of aryl methyl sites for hydroxylation is 1. The van der Waals surface area contributed by atoms with Crippen molar-refractivity contribution in [2.45, 2.75) is 44.2 Å². The normalized spacial score (nSPS) is 13.3. The van der Waals surface area contributed by atoms with E-state index in [1.54, 1.807) is 11.3 Å². The first-order chi connectivity index (χ1) is 13.6. The van der Waals surface area contributed by atoms with Crippen molar-refractivity contribution in [1.29, 1.82) is 0 Å². The summed E-state index contributed by atoms with van der Waals surface area (Å²) >= 11 is 3.06. The molecule has 0 fully saturated rings. The zero-order chi connectivity index (χ0) is 19.5. The van der Waals surface area contributed by atoms with E-state index < -0.39 is 0 Å².